The predicted octanol–water partition coefficient (Wildman–Crippen LogP) is 1.78. The Morgan fingerprint density at radius 3 is 2.61 bits per heavy atom. The van der Waals surface area contributed by atoms with Crippen molar-refractivity contribution in [3.05, 3.63) is 18.1 Å². The molecule has 18 heavy (non-hydrogen) atoms. The Bertz CT molecular complexity index is 390. The summed E-state index contributed by atoms with van der Waals surface area (Å²) >= 11 is 0. The van der Waals surface area contributed by atoms with Gasteiger partial charge in [-0.05, 0) is 11.8 Å². The molecule has 0 saturated carbocycles. The van der Waals surface area contributed by atoms with E-state index in [2.05, 4.69) is 48.3 Å². The molecular weight excluding hydrogens is 228 g/mol. The highest BCUT2D eigenvalue weighted by Gasteiger charge is 2.05. The maximum Gasteiger partial charge on any atom is 0.239 e. The summed E-state index contributed by atoms with van der Waals surface area (Å²) in [4.78, 5) is 19.8. The highest BCUT2D eigenvalue weighted by atomic mass is 16.1. The lowest BCUT2D eigenvalue weighted by Gasteiger charge is -2.10. The van der Waals surface area contributed by atoms with Crippen molar-refractivity contribution in [2.75, 3.05) is 18.4 Å². The molecule has 2 N–H and O–H groups in total. The molecule has 1 heterocycles. The van der Waals surface area contributed by atoms with Gasteiger partial charge in [0.1, 0.15) is 12.1 Å². The lowest BCUT2D eigenvalue weighted by Crippen LogP contribution is -2.32. The van der Waals surface area contributed by atoms with Crippen LogP contribution in [-0.4, -0.2) is 29.0 Å². The molecule has 1 amide bonds. The van der Waals surface area contributed by atoms with Crippen molar-refractivity contribution >= 4 is 11.7 Å². The summed E-state index contributed by atoms with van der Waals surface area (Å²) in [7, 11) is 0. The highest BCUT2D eigenvalue weighted by molar-refractivity contribution is 5.80. The zero-order valence-electron chi connectivity index (χ0n) is 11.5. The van der Waals surface area contributed by atoms with Crippen LogP contribution in [0.3, 0.4) is 0 Å². The SMILES string of the molecule is CC(C)CNC(=O)CNc1cc(C(C)C)ncn1. The Morgan fingerprint density at radius 1 is 1.28 bits per heavy atom. The van der Waals surface area contributed by atoms with E-state index in [1.807, 2.05) is 6.07 Å². The van der Waals surface area contributed by atoms with Crippen LogP contribution in [0.5, 0.6) is 0 Å². The first-order valence-electron chi connectivity index (χ1n) is 6.31. The van der Waals surface area contributed by atoms with Crippen LogP contribution in [0.2, 0.25) is 0 Å². The smallest absolute Gasteiger partial charge is 0.239 e. The molecular formula is C13H22N4O. The Morgan fingerprint density at radius 2 is 2.00 bits per heavy atom. The molecule has 5 heteroatoms. The van der Waals surface area contributed by atoms with Gasteiger partial charge < -0.3 is 10.6 Å². The maximum atomic E-state index is 11.5. The van der Waals surface area contributed by atoms with Crippen LogP contribution in [0.15, 0.2) is 12.4 Å². The Hall–Kier alpha value is -1.65. The number of hydrogen-bond acceptors (Lipinski definition) is 4. The van der Waals surface area contributed by atoms with E-state index in [9.17, 15) is 4.79 Å². The molecule has 1 rings (SSSR count). The number of nitrogens with zero attached hydrogens (tertiary/aromatic N) is 2. The molecule has 0 unspecified atom stereocenters. The minimum absolute atomic E-state index is 0.0200. The van der Waals surface area contributed by atoms with Crippen LogP contribution in [0.25, 0.3) is 0 Å². The molecule has 1 aromatic rings. The Kier molecular flexibility index (Phi) is 5.55. The number of rotatable bonds is 6. The predicted molar refractivity (Wildman–Crippen MR) is 72.5 cm³/mol. The molecule has 100 valence electrons. The third-order valence-corrected chi connectivity index (χ3v) is 2.42. The van der Waals surface area contributed by atoms with Gasteiger partial charge in [-0.25, -0.2) is 9.97 Å². The maximum absolute atomic E-state index is 11.5. The van der Waals surface area contributed by atoms with Gasteiger partial charge in [0.2, 0.25) is 5.91 Å². The standard InChI is InChI=1S/C13H22N4O/c1-9(2)6-15-13(18)7-14-12-5-11(10(3)4)16-8-17-12/h5,8-10H,6-7H2,1-4H3,(H,15,18)(H,14,16,17). The van der Waals surface area contributed by atoms with Crippen molar-refractivity contribution in [3.63, 3.8) is 0 Å². The summed E-state index contributed by atoms with van der Waals surface area (Å²) < 4.78 is 0. The zero-order valence-corrected chi connectivity index (χ0v) is 11.5. The summed E-state index contributed by atoms with van der Waals surface area (Å²) in [5, 5.41) is 5.85. The summed E-state index contributed by atoms with van der Waals surface area (Å²) in [6.07, 6.45) is 1.52. The molecule has 0 radical (unpaired) electrons. The molecule has 0 spiro atoms. The van der Waals surface area contributed by atoms with Gasteiger partial charge in [0.05, 0.1) is 6.54 Å². The molecule has 0 fully saturated rings. The van der Waals surface area contributed by atoms with Crippen LogP contribution in [-0.2, 0) is 4.79 Å². The Labute approximate surface area is 108 Å². The number of carbonyl (C=O) groups is 1. The topological polar surface area (TPSA) is 66.9 Å². The van der Waals surface area contributed by atoms with E-state index in [0.717, 1.165) is 5.69 Å². The van der Waals surface area contributed by atoms with Crippen molar-refractivity contribution in [1.82, 2.24) is 15.3 Å². The minimum Gasteiger partial charge on any atom is -0.361 e. The normalized spacial score (nSPS) is 10.8. The number of aromatic nitrogens is 2. The van der Waals surface area contributed by atoms with Crippen molar-refractivity contribution in [2.24, 2.45) is 5.92 Å². The first kappa shape index (κ1) is 14.4. The van der Waals surface area contributed by atoms with Crippen molar-refractivity contribution < 1.29 is 4.79 Å². The van der Waals surface area contributed by atoms with Crippen molar-refractivity contribution in [1.29, 1.82) is 0 Å². The van der Waals surface area contributed by atoms with E-state index in [1.54, 1.807) is 0 Å². The third-order valence-electron chi connectivity index (χ3n) is 2.42. The second-order valence-corrected chi connectivity index (χ2v) is 5.03. The van der Waals surface area contributed by atoms with E-state index in [4.69, 9.17) is 0 Å². The van der Waals surface area contributed by atoms with Crippen LogP contribution < -0.4 is 10.6 Å². The van der Waals surface area contributed by atoms with E-state index in [-0.39, 0.29) is 12.5 Å². The number of carbonyl (C=O) groups excluding carboxylic acids is 1. The number of anilines is 1. The quantitative estimate of drug-likeness (QED) is 0.807. The van der Waals surface area contributed by atoms with E-state index in [1.165, 1.54) is 6.33 Å². The first-order chi connectivity index (χ1) is 8.49. The van der Waals surface area contributed by atoms with Gasteiger partial charge in [0, 0.05) is 18.3 Å². The molecule has 0 aromatic carbocycles. The summed E-state index contributed by atoms with van der Waals surface area (Å²) in [5.41, 5.74) is 0.968. The van der Waals surface area contributed by atoms with E-state index >= 15 is 0 Å². The molecule has 0 aliphatic heterocycles. The average molecular weight is 250 g/mol. The number of amides is 1. The lowest BCUT2D eigenvalue weighted by molar-refractivity contribution is -0.119. The highest BCUT2D eigenvalue weighted by Crippen LogP contribution is 2.13. The molecule has 5 nitrogen and oxygen atoms in total. The fourth-order valence-corrected chi connectivity index (χ4v) is 1.34. The van der Waals surface area contributed by atoms with Gasteiger partial charge in [-0.15, -0.1) is 0 Å². The van der Waals surface area contributed by atoms with Crippen molar-refractivity contribution in [3.8, 4) is 0 Å². The van der Waals surface area contributed by atoms with Gasteiger partial charge in [0.25, 0.3) is 0 Å². The monoisotopic (exact) mass is 250 g/mol. The van der Waals surface area contributed by atoms with Gasteiger partial charge in [-0.1, -0.05) is 27.7 Å². The summed E-state index contributed by atoms with van der Waals surface area (Å²) in [6, 6.07) is 1.88. The van der Waals surface area contributed by atoms with Crippen LogP contribution in [0.1, 0.15) is 39.3 Å². The molecule has 0 atom stereocenters. The minimum atomic E-state index is -0.0200. The molecule has 0 aliphatic carbocycles. The second-order valence-electron chi connectivity index (χ2n) is 5.03. The first-order valence-corrected chi connectivity index (χ1v) is 6.31. The largest absolute Gasteiger partial charge is 0.361 e. The number of hydrogen-bond donors (Lipinski definition) is 2. The van der Waals surface area contributed by atoms with Crippen LogP contribution in [0, 0.1) is 5.92 Å². The van der Waals surface area contributed by atoms with E-state index in [0.29, 0.717) is 24.2 Å². The molecule has 0 bridgehead atoms. The number of nitrogens with one attached hydrogen (secondary N) is 2. The third kappa shape index (κ3) is 5.12. The van der Waals surface area contributed by atoms with E-state index < -0.39 is 0 Å². The lowest BCUT2D eigenvalue weighted by atomic mass is 10.1. The Balaban J connectivity index is 2.43. The summed E-state index contributed by atoms with van der Waals surface area (Å²) in [5.74, 6) is 1.48. The zero-order chi connectivity index (χ0) is 13.5. The van der Waals surface area contributed by atoms with Crippen molar-refractivity contribution in [2.45, 2.75) is 33.6 Å². The van der Waals surface area contributed by atoms with Crippen LogP contribution >= 0.6 is 0 Å². The molecule has 0 saturated heterocycles. The van der Waals surface area contributed by atoms with Gasteiger partial charge in [-0.3, -0.25) is 4.79 Å². The molecule has 0 aliphatic rings. The van der Waals surface area contributed by atoms with Gasteiger partial charge in [-0.2, -0.15) is 0 Å². The summed E-state index contributed by atoms with van der Waals surface area (Å²) in [6.45, 7) is 9.20. The molecule has 1 aromatic heterocycles. The van der Waals surface area contributed by atoms with Crippen LogP contribution in [0.4, 0.5) is 5.82 Å². The fourth-order valence-electron chi connectivity index (χ4n) is 1.34. The average Bonchev–Trinajstić information content (AvgIpc) is 2.34. The second kappa shape index (κ2) is 6.93. The fraction of sp³-hybridized carbons (Fsp3) is 0.615. The van der Waals surface area contributed by atoms with Gasteiger partial charge in [0.15, 0.2) is 0 Å². The van der Waals surface area contributed by atoms with Gasteiger partial charge >= 0.3 is 0 Å².